The van der Waals surface area contributed by atoms with Crippen molar-refractivity contribution < 1.29 is 25.2 Å². The maximum absolute atomic E-state index is 11.5. The van der Waals surface area contributed by atoms with Crippen LogP contribution in [0.5, 0.6) is 5.75 Å². The molecule has 5 atom stereocenters. The molecule has 32 heavy (non-hydrogen) atoms. The number of fused-ring (bicyclic) bond motifs is 5. The van der Waals surface area contributed by atoms with E-state index in [9.17, 15) is 16.8 Å². The average molecular weight is 487 g/mol. The van der Waals surface area contributed by atoms with E-state index < -0.39 is 20.6 Å². The molecule has 0 aromatic heterocycles. The first-order valence-corrected chi connectivity index (χ1v) is 14.4. The molecular weight excluding hydrogens is 452 g/mol. The Bertz CT molecular complexity index is 1090. The summed E-state index contributed by atoms with van der Waals surface area (Å²) in [6.07, 6.45) is 7.76. The molecule has 8 nitrogen and oxygen atoms in total. The monoisotopic (exact) mass is 486 g/mol. The summed E-state index contributed by atoms with van der Waals surface area (Å²) in [4.78, 5) is 0. The Kier molecular flexibility index (Phi) is 6.39. The highest BCUT2D eigenvalue weighted by Gasteiger charge is 2.54. The lowest BCUT2D eigenvalue weighted by atomic mass is 9.54. The minimum atomic E-state index is -4.06. The molecule has 180 valence electrons. The van der Waals surface area contributed by atoms with Crippen LogP contribution in [-0.2, 0) is 37.6 Å². The third kappa shape index (κ3) is 4.70. The topological polar surface area (TPSA) is 139 Å². The molecule has 1 aromatic carbocycles. The second-order valence-corrected chi connectivity index (χ2v) is 12.3. The first-order valence-electron chi connectivity index (χ1n) is 11.5. The molecule has 3 aliphatic carbocycles. The second-order valence-electron chi connectivity index (χ2n) is 9.93. The number of nitrogens with two attached hydrogens (primary N) is 2. The molecule has 10 heteroatoms. The van der Waals surface area contributed by atoms with Crippen molar-refractivity contribution in [1.82, 2.24) is 0 Å². The Labute approximate surface area is 191 Å². The molecule has 2 fully saturated rings. The first kappa shape index (κ1) is 23.9. The molecule has 0 amide bonds. The molecule has 2 saturated carbocycles. The molecule has 1 aromatic rings. The summed E-state index contributed by atoms with van der Waals surface area (Å²) in [5, 5.41) is 10.1. The van der Waals surface area contributed by atoms with E-state index in [-0.39, 0.29) is 12.0 Å². The fourth-order valence-electron chi connectivity index (χ4n) is 7.01. The molecule has 0 spiro atoms. The zero-order chi connectivity index (χ0) is 23.3. The summed E-state index contributed by atoms with van der Waals surface area (Å²) in [7, 11) is -7.95. The van der Waals surface area contributed by atoms with Crippen molar-refractivity contribution >= 4 is 20.6 Å². The van der Waals surface area contributed by atoms with Gasteiger partial charge < -0.3 is 4.18 Å². The van der Waals surface area contributed by atoms with E-state index in [2.05, 4.69) is 13.0 Å². The fraction of sp³-hybridized carbons (Fsp3) is 0.727. The van der Waals surface area contributed by atoms with Crippen LogP contribution in [0, 0.1) is 23.2 Å². The van der Waals surface area contributed by atoms with Gasteiger partial charge in [0, 0.05) is 0 Å². The van der Waals surface area contributed by atoms with Crippen LogP contribution in [0.3, 0.4) is 0 Å². The van der Waals surface area contributed by atoms with Crippen molar-refractivity contribution in [3.8, 4) is 5.75 Å². The van der Waals surface area contributed by atoms with Crippen LogP contribution in [0.2, 0.25) is 0 Å². The summed E-state index contributed by atoms with van der Waals surface area (Å²) >= 11 is 0. The van der Waals surface area contributed by atoms with E-state index in [0.717, 1.165) is 44.1 Å². The highest BCUT2D eigenvalue weighted by Crippen LogP contribution is 2.63. The van der Waals surface area contributed by atoms with E-state index in [0.29, 0.717) is 42.3 Å². The second kappa shape index (κ2) is 8.54. The third-order valence-electron chi connectivity index (χ3n) is 8.40. The van der Waals surface area contributed by atoms with Crippen molar-refractivity contribution in [2.24, 2.45) is 33.4 Å². The Morgan fingerprint density at radius 1 is 1.06 bits per heavy atom. The highest BCUT2D eigenvalue weighted by molar-refractivity contribution is 7.84. The van der Waals surface area contributed by atoms with Crippen LogP contribution >= 0.6 is 0 Å². The van der Waals surface area contributed by atoms with Gasteiger partial charge in [-0.15, -0.1) is 0 Å². The summed E-state index contributed by atoms with van der Waals surface area (Å²) < 4.78 is 55.1. The molecule has 3 aliphatic rings. The van der Waals surface area contributed by atoms with Gasteiger partial charge >= 0.3 is 20.6 Å². The number of benzene rings is 1. The van der Waals surface area contributed by atoms with Gasteiger partial charge in [-0.25, -0.2) is 5.14 Å². The maximum Gasteiger partial charge on any atom is 0.380 e. The van der Waals surface area contributed by atoms with Crippen molar-refractivity contribution in [1.29, 1.82) is 0 Å². The van der Waals surface area contributed by atoms with E-state index in [1.807, 2.05) is 13.0 Å². The van der Waals surface area contributed by atoms with Crippen LogP contribution in [0.15, 0.2) is 12.1 Å². The Hall–Kier alpha value is -1.20. The first-order chi connectivity index (χ1) is 14.9. The van der Waals surface area contributed by atoms with Crippen LogP contribution in [0.4, 0.5) is 0 Å². The van der Waals surface area contributed by atoms with Gasteiger partial charge in [0.15, 0.2) is 0 Å². The van der Waals surface area contributed by atoms with E-state index in [4.69, 9.17) is 18.6 Å². The van der Waals surface area contributed by atoms with Gasteiger partial charge in [-0.1, -0.05) is 19.9 Å². The van der Waals surface area contributed by atoms with Gasteiger partial charge in [-0.3, -0.25) is 4.18 Å². The molecule has 4 N–H and O–H groups in total. The van der Waals surface area contributed by atoms with E-state index >= 15 is 0 Å². The van der Waals surface area contributed by atoms with Crippen LogP contribution in [-0.4, -0.2) is 23.4 Å². The minimum Gasteiger partial charge on any atom is -0.371 e. The largest absolute Gasteiger partial charge is 0.380 e. The van der Waals surface area contributed by atoms with Gasteiger partial charge in [-0.05, 0) is 103 Å². The molecule has 4 rings (SSSR count). The molecule has 0 aliphatic heterocycles. The zero-order valence-electron chi connectivity index (χ0n) is 18.7. The lowest BCUT2D eigenvalue weighted by molar-refractivity contribution is 0.0222. The summed E-state index contributed by atoms with van der Waals surface area (Å²) in [5.74, 6) is 2.43. The van der Waals surface area contributed by atoms with Crippen molar-refractivity contribution in [2.75, 3.05) is 6.61 Å². The van der Waals surface area contributed by atoms with Gasteiger partial charge in [0.05, 0.1) is 6.61 Å². The Morgan fingerprint density at radius 3 is 2.47 bits per heavy atom. The maximum atomic E-state index is 11.5. The van der Waals surface area contributed by atoms with Crippen LogP contribution < -0.4 is 14.5 Å². The summed E-state index contributed by atoms with van der Waals surface area (Å²) in [6.45, 7) is 4.51. The lowest BCUT2D eigenvalue weighted by Crippen LogP contribution is -2.42. The van der Waals surface area contributed by atoms with Crippen LogP contribution in [0.1, 0.15) is 75.0 Å². The number of rotatable bonds is 7. The molecule has 0 saturated heterocycles. The predicted molar refractivity (Wildman–Crippen MR) is 121 cm³/mol. The van der Waals surface area contributed by atoms with Gasteiger partial charge in [-0.2, -0.15) is 22.0 Å². The molecule has 0 bridgehead atoms. The fourth-order valence-corrected chi connectivity index (χ4v) is 7.75. The van der Waals surface area contributed by atoms with Gasteiger partial charge in [0.1, 0.15) is 5.75 Å². The van der Waals surface area contributed by atoms with E-state index in [1.54, 1.807) is 0 Å². The quantitative estimate of drug-likeness (QED) is 0.607. The smallest absolute Gasteiger partial charge is 0.371 e. The lowest BCUT2D eigenvalue weighted by Gasteiger charge is -2.51. The zero-order valence-corrected chi connectivity index (χ0v) is 20.4. The number of aryl methyl sites for hydroxylation is 2. The Morgan fingerprint density at radius 2 is 1.81 bits per heavy atom. The number of hydrogen-bond acceptors (Lipinski definition) is 6. The average Bonchev–Trinajstić information content (AvgIpc) is 3.01. The molecule has 5 unspecified atom stereocenters. The van der Waals surface area contributed by atoms with Gasteiger partial charge in [0.25, 0.3) is 0 Å². The highest BCUT2D eigenvalue weighted by atomic mass is 32.2. The molecular formula is C22H34N2O6S2. The molecule has 0 heterocycles. The van der Waals surface area contributed by atoms with Gasteiger partial charge in [0.2, 0.25) is 0 Å². The summed E-state index contributed by atoms with van der Waals surface area (Å²) in [5.41, 5.74) is 3.56. The van der Waals surface area contributed by atoms with E-state index in [1.165, 1.54) is 11.1 Å². The van der Waals surface area contributed by atoms with Crippen molar-refractivity contribution in [3.05, 3.63) is 28.8 Å². The predicted octanol–water partition coefficient (Wildman–Crippen LogP) is 2.91. The third-order valence-corrected chi connectivity index (χ3v) is 9.31. The van der Waals surface area contributed by atoms with Crippen molar-refractivity contribution in [3.63, 3.8) is 0 Å². The standard InChI is InChI=1S/C22H34N2O6S2/c1-3-14-12-19-15(13-21(14)30-32(24,27)28)4-6-18-17(19)8-10-22(2)16(5-7-20(18)22)9-11-29-31(23,25)26/h12-13,16-18,20H,3-11H2,1-2H3,(H2,23,25,26)(H2,24,27,28). The van der Waals surface area contributed by atoms with Crippen LogP contribution in [0.25, 0.3) is 0 Å². The SMILES string of the molecule is CCc1cc2c(cc1OS(N)(=O)=O)CCC1C2CCC2(C)C(CCOS(N)(=O)=O)CCC12. The number of hydrogen-bond donors (Lipinski definition) is 2. The molecule has 0 radical (unpaired) electrons. The van der Waals surface area contributed by atoms with Crippen molar-refractivity contribution in [2.45, 2.75) is 71.1 Å². The summed E-state index contributed by atoms with van der Waals surface area (Å²) in [6, 6.07) is 4.02. The minimum absolute atomic E-state index is 0.148. The normalized spacial score (nSPS) is 32.1. The Balaban J connectivity index is 1.55.